The number of hydrogen-bond donors (Lipinski definition) is 0. The van der Waals surface area contributed by atoms with E-state index >= 15 is 0 Å². The molecule has 0 fully saturated rings. The molecule has 0 atom stereocenters. The normalized spacial score (nSPS) is 11.3. The summed E-state index contributed by atoms with van der Waals surface area (Å²) in [5, 5.41) is 0. The molecule has 0 N–H and O–H groups in total. The Balaban J connectivity index is 0.000000503. The van der Waals surface area contributed by atoms with Gasteiger partial charge in [0.15, 0.2) is 0 Å². The lowest BCUT2D eigenvalue weighted by atomic mass is 10.1. The number of hydrogen-bond acceptors (Lipinski definition) is 4. The minimum atomic E-state index is -4.47. The van der Waals surface area contributed by atoms with Crippen molar-refractivity contribution in [3.05, 3.63) is 18.7 Å². The molecule has 0 unspecified atom stereocenters. The Kier molecular flexibility index (Phi) is 16.6. The Hall–Kier alpha value is -0.920. The minimum absolute atomic E-state index is 0.0258. The van der Waals surface area contributed by atoms with Crippen molar-refractivity contribution in [3.8, 4) is 0 Å². The fourth-order valence-electron chi connectivity index (χ4n) is 2.75. The maximum absolute atomic E-state index is 9.99. The van der Waals surface area contributed by atoms with E-state index in [0.29, 0.717) is 6.42 Å². The molecule has 0 amide bonds. The molecule has 160 valence electrons. The van der Waals surface area contributed by atoms with Crippen molar-refractivity contribution in [2.45, 2.75) is 97.4 Å². The quantitative estimate of drug-likeness (QED) is 0.187. The number of aromatic nitrogens is 2. The third-order valence-electron chi connectivity index (χ3n) is 4.32. The largest absolute Gasteiger partial charge is 0.726 e. The van der Waals surface area contributed by atoms with Crippen LogP contribution in [0.4, 0.5) is 0 Å². The van der Waals surface area contributed by atoms with Gasteiger partial charge in [-0.2, -0.15) is 0 Å². The van der Waals surface area contributed by atoms with Crippen molar-refractivity contribution in [3.63, 3.8) is 0 Å². The molecule has 1 aromatic rings. The van der Waals surface area contributed by atoms with Crippen molar-refractivity contribution in [1.29, 1.82) is 0 Å². The molecule has 0 radical (unpaired) electrons. The molecule has 6 nitrogen and oxygen atoms in total. The van der Waals surface area contributed by atoms with Crippen LogP contribution in [-0.2, 0) is 28.2 Å². The number of nitrogens with zero attached hydrogens (tertiary/aromatic N) is 2. The molecule has 1 heterocycles. The van der Waals surface area contributed by atoms with Gasteiger partial charge >= 0.3 is 0 Å². The Morgan fingerprint density at radius 2 is 1.41 bits per heavy atom. The highest BCUT2D eigenvalue weighted by atomic mass is 32.3. The fourth-order valence-corrected chi connectivity index (χ4v) is 3.07. The standard InChI is InChI=1S/C12H23N2.C8H18O4S/c1-3-4-5-6-7-8-9-14-11-10-13(2)12-14;1-2-3-4-5-6-7-8-12-13(9,10)11/h10-12H,3-9H2,1-2H3;2-8H2,1H3,(H,9,10,11)/q+1;/p-1. The Bertz CT molecular complexity index is 544. The second kappa shape index (κ2) is 17.2. The van der Waals surface area contributed by atoms with Crippen molar-refractivity contribution in [1.82, 2.24) is 4.57 Å². The predicted octanol–water partition coefficient (Wildman–Crippen LogP) is 4.50. The van der Waals surface area contributed by atoms with Crippen LogP contribution in [0, 0.1) is 0 Å². The lowest BCUT2D eigenvalue weighted by molar-refractivity contribution is -0.671. The van der Waals surface area contributed by atoms with Crippen LogP contribution in [0.5, 0.6) is 0 Å². The van der Waals surface area contributed by atoms with Gasteiger partial charge in [-0.15, -0.1) is 0 Å². The molecule has 0 aliphatic rings. The van der Waals surface area contributed by atoms with Gasteiger partial charge in [0.2, 0.25) is 16.7 Å². The zero-order chi connectivity index (χ0) is 20.4. The third kappa shape index (κ3) is 19.6. The van der Waals surface area contributed by atoms with Crippen molar-refractivity contribution in [2.24, 2.45) is 7.05 Å². The summed E-state index contributed by atoms with van der Waals surface area (Å²) in [6.07, 6.45) is 20.8. The van der Waals surface area contributed by atoms with Gasteiger partial charge in [0.05, 0.1) is 20.2 Å². The molecule has 0 aliphatic heterocycles. The van der Waals surface area contributed by atoms with Gasteiger partial charge in [-0.3, -0.25) is 4.18 Å². The number of aryl methyl sites for hydroxylation is 2. The molecule has 0 saturated carbocycles. The summed E-state index contributed by atoms with van der Waals surface area (Å²) < 4.78 is 38.4. The van der Waals surface area contributed by atoms with Crippen molar-refractivity contribution < 1.29 is 21.7 Å². The van der Waals surface area contributed by atoms with Gasteiger partial charge in [-0.25, -0.2) is 17.6 Å². The molecule has 7 heteroatoms. The van der Waals surface area contributed by atoms with Gasteiger partial charge in [0, 0.05) is 0 Å². The van der Waals surface area contributed by atoms with Gasteiger partial charge in [0.1, 0.15) is 12.4 Å². The molecule has 1 aromatic heterocycles. The van der Waals surface area contributed by atoms with E-state index in [1.807, 2.05) is 0 Å². The lowest BCUT2D eigenvalue weighted by Crippen LogP contribution is -2.23. The van der Waals surface area contributed by atoms with Crippen LogP contribution in [0.1, 0.15) is 90.9 Å². The van der Waals surface area contributed by atoms with E-state index in [9.17, 15) is 13.0 Å². The highest BCUT2D eigenvalue weighted by Crippen LogP contribution is 2.06. The van der Waals surface area contributed by atoms with Gasteiger partial charge in [-0.1, -0.05) is 71.6 Å². The monoisotopic (exact) mass is 404 g/mol. The van der Waals surface area contributed by atoms with Crippen LogP contribution in [0.25, 0.3) is 0 Å². The Labute approximate surface area is 166 Å². The summed E-state index contributed by atoms with van der Waals surface area (Å²) >= 11 is 0. The first-order valence-electron chi connectivity index (χ1n) is 10.5. The topological polar surface area (TPSA) is 75.2 Å². The van der Waals surface area contributed by atoms with Crippen LogP contribution in [0.15, 0.2) is 18.7 Å². The van der Waals surface area contributed by atoms with E-state index in [-0.39, 0.29) is 6.61 Å². The summed E-state index contributed by atoms with van der Waals surface area (Å²) in [7, 11) is -2.40. The van der Waals surface area contributed by atoms with E-state index in [2.05, 4.69) is 52.9 Å². The molecule has 27 heavy (non-hydrogen) atoms. The van der Waals surface area contributed by atoms with Crippen molar-refractivity contribution in [2.75, 3.05) is 6.61 Å². The number of imidazole rings is 1. The van der Waals surface area contributed by atoms with Gasteiger partial charge < -0.3 is 4.55 Å². The SMILES string of the molecule is CCCCCCCCOS(=O)(=O)[O-].CCCCCCCCn1cc[n+](C)c1. The van der Waals surface area contributed by atoms with E-state index in [1.165, 1.54) is 64.3 Å². The first-order valence-corrected chi connectivity index (χ1v) is 11.8. The Morgan fingerprint density at radius 3 is 1.89 bits per heavy atom. The van der Waals surface area contributed by atoms with Crippen LogP contribution in [0.3, 0.4) is 0 Å². The third-order valence-corrected chi connectivity index (χ3v) is 4.77. The van der Waals surface area contributed by atoms with Crippen LogP contribution in [-0.4, -0.2) is 24.1 Å². The summed E-state index contributed by atoms with van der Waals surface area (Å²) in [5.41, 5.74) is 0. The smallest absolute Gasteiger partial charge is 0.243 e. The maximum atomic E-state index is 9.99. The summed E-state index contributed by atoms with van der Waals surface area (Å²) in [6, 6.07) is 0. The highest BCUT2D eigenvalue weighted by Gasteiger charge is 1.98. The number of unbranched alkanes of at least 4 members (excludes halogenated alkanes) is 10. The second-order valence-electron chi connectivity index (χ2n) is 7.08. The average molecular weight is 405 g/mol. The van der Waals surface area contributed by atoms with Gasteiger partial charge in [-0.05, 0) is 19.3 Å². The zero-order valence-corrected chi connectivity index (χ0v) is 18.4. The summed E-state index contributed by atoms with van der Waals surface area (Å²) in [4.78, 5) is 0. The Morgan fingerprint density at radius 1 is 0.889 bits per heavy atom. The molecule has 1 rings (SSSR count). The van der Waals surface area contributed by atoms with E-state index in [4.69, 9.17) is 0 Å². The van der Waals surface area contributed by atoms with E-state index < -0.39 is 10.4 Å². The zero-order valence-electron chi connectivity index (χ0n) is 17.6. The summed E-state index contributed by atoms with van der Waals surface area (Å²) in [6.45, 7) is 5.60. The molecular weight excluding hydrogens is 364 g/mol. The average Bonchev–Trinajstić information content (AvgIpc) is 3.02. The number of rotatable bonds is 15. The minimum Gasteiger partial charge on any atom is -0.726 e. The highest BCUT2D eigenvalue weighted by molar-refractivity contribution is 7.80. The first kappa shape index (κ1) is 26.1. The second-order valence-corrected chi connectivity index (χ2v) is 8.13. The van der Waals surface area contributed by atoms with Gasteiger partial charge in [0.25, 0.3) is 0 Å². The van der Waals surface area contributed by atoms with Crippen LogP contribution >= 0.6 is 0 Å². The van der Waals surface area contributed by atoms with Crippen LogP contribution in [0.2, 0.25) is 0 Å². The molecule has 0 aliphatic carbocycles. The fraction of sp³-hybridized carbons (Fsp3) is 0.850. The van der Waals surface area contributed by atoms with E-state index in [1.54, 1.807) is 0 Å². The van der Waals surface area contributed by atoms with Crippen molar-refractivity contribution >= 4 is 10.4 Å². The molecule has 0 aromatic carbocycles. The lowest BCUT2D eigenvalue weighted by Gasteiger charge is -2.06. The predicted molar refractivity (Wildman–Crippen MR) is 108 cm³/mol. The molecule has 0 spiro atoms. The molecule has 0 saturated heterocycles. The molecule has 0 bridgehead atoms. The maximum Gasteiger partial charge on any atom is 0.243 e. The first-order chi connectivity index (χ1) is 12.9. The van der Waals surface area contributed by atoms with Crippen LogP contribution < -0.4 is 4.57 Å². The van der Waals surface area contributed by atoms with E-state index in [0.717, 1.165) is 12.8 Å². The molecular formula is C20H40N2O4S. The summed E-state index contributed by atoms with van der Waals surface area (Å²) in [5.74, 6) is 0.